The van der Waals surface area contributed by atoms with Crippen molar-refractivity contribution in [1.82, 2.24) is 0 Å². The lowest BCUT2D eigenvalue weighted by Gasteiger charge is -2.05. The molecule has 3 nitrogen and oxygen atoms in total. The van der Waals surface area contributed by atoms with Gasteiger partial charge >= 0.3 is 0 Å². The molecule has 3 heteroatoms. The third-order valence-electron chi connectivity index (χ3n) is 1.77. The fraction of sp³-hybridized carbons (Fsp3) is 0.444. The van der Waals surface area contributed by atoms with E-state index < -0.39 is 6.04 Å². The first-order valence-corrected chi connectivity index (χ1v) is 3.89. The summed E-state index contributed by atoms with van der Waals surface area (Å²) in [6, 6.07) is 3.16. The number of rotatable bonds is 2. The summed E-state index contributed by atoms with van der Waals surface area (Å²) in [4.78, 5) is 0. The highest BCUT2D eigenvalue weighted by Crippen LogP contribution is 2.24. The average molecular weight is 164 g/mol. The Labute approximate surface area is 71.8 Å². The van der Waals surface area contributed by atoms with Crippen LogP contribution in [0.15, 0.2) is 16.7 Å². The predicted octanol–water partition coefficient (Wildman–Crippen LogP) is 1.93. The molecule has 2 N–H and O–H groups in total. The molecular weight excluding hydrogens is 152 g/mol. The van der Waals surface area contributed by atoms with E-state index in [2.05, 4.69) is 0 Å². The molecule has 1 aromatic heterocycles. The molecular formula is C9H12N2O. The number of hydrogen-bond acceptors (Lipinski definition) is 3. The second kappa shape index (κ2) is 3.42. The van der Waals surface area contributed by atoms with Crippen LogP contribution in [-0.4, -0.2) is 0 Å². The zero-order valence-electron chi connectivity index (χ0n) is 7.24. The molecule has 0 radical (unpaired) electrons. The summed E-state index contributed by atoms with van der Waals surface area (Å²) in [6.07, 6.45) is 1.57. The summed E-state index contributed by atoms with van der Waals surface area (Å²) in [6.45, 7) is 4.08. The fourth-order valence-corrected chi connectivity index (χ4v) is 1.12. The van der Waals surface area contributed by atoms with Gasteiger partial charge < -0.3 is 10.2 Å². The van der Waals surface area contributed by atoms with E-state index in [4.69, 9.17) is 15.4 Å². The Morgan fingerprint density at radius 1 is 1.58 bits per heavy atom. The average Bonchev–Trinajstić information content (AvgIpc) is 2.50. The first kappa shape index (κ1) is 8.82. The lowest BCUT2D eigenvalue weighted by molar-refractivity contribution is 0.489. The van der Waals surface area contributed by atoms with Crippen LogP contribution in [0.5, 0.6) is 0 Å². The van der Waals surface area contributed by atoms with Gasteiger partial charge in [0.05, 0.1) is 12.3 Å². The van der Waals surface area contributed by atoms with Gasteiger partial charge in [-0.05, 0) is 17.5 Å². The largest absolute Gasteiger partial charge is 0.466 e. The van der Waals surface area contributed by atoms with Crippen molar-refractivity contribution in [2.24, 2.45) is 5.73 Å². The lowest BCUT2D eigenvalue weighted by Crippen LogP contribution is -2.08. The summed E-state index contributed by atoms with van der Waals surface area (Å²) >= 11 is 0. The molecule has 0 fully saturated rings. The second-order valence-electron chi connectivity index (χ2n) is 3.00. The van der Waals surface area contributed by atoms with Gasteiger partial charge in [0.25, 0.3) is 0 Å². The SMILES string of the molecule is CC(C)c1ccoc1C(N)C#N. The van der Waals surface area contributed by atoms with E-state index in [-0.39, 0.29) is 0 Å². The third-order valence-corrected chi connectivity index (χ3v) is 1.77. The van der Waals surface area contributed by atoms with Crippen molar-refractivity contribution in [1.29, 1.82) is 5.26 Å². The Kier molecular flexibility index (Phi) is 2.51. The van der Waals surface area contributed by atoms with Crippen molar-refractivity contribution in [3.05, 3.63) is 23.7 Å². The molecule has 1 heterocycles. The summed E-state index contributed by atoms with van der Waals surface area (Å²) in [5, 5.41) is 8.58. The van der Waals surface area contributed by atoms with Gasteiger partial charge in [0.15, 0.2) is 6.04 Å². The number of hydrogen-bond donors (Lipinski definition) is 1. The van der Waals surface area contributed by atoms with Crippen LogP contribution < -0.4 is 5.73 Å². The van der Waals surface area contributed by atoms with Gasteiger partial charge in [-0.15, -0.1) is 0 Å². The van der Waals surface area contributed by atoms with Crippen LogP contribution >= 0.6 is 0 Å². The maximum absolute atomic E-state index is 8.58. The normalized spacial score (nSPS) is 12.9. The van der Waals surface area contributed by atoms with E-state index in [9.17, 15) is 0 Å². The Balaban J connectivity index is 3.01. The molecule has 0 aromatic carbocycles. The molecule has 1 unspecified atom stereocenters. The first-order chi connectivity index (χ1) is 5.66. The minimum Gasteiger partial charge on any atom is -0.466 e. The highest BCUT2D eigenvalue weighted by atomic mass is 16.3. The Morgan fingerprint density at radius 3 is 2.75 bits per heavy atom. The highest BCUT2D eigenvalue weighted by molar-refractivity contribution is 5.26. The highest BCUT2D eigenvalue weighted by Gasteiger charge is 2.15. The van der Waals surface area contributed by atoms with Crippen LogP contribution in [0.25, 0.3) is 0 Å². The van der Waals surface area contributed by atoms with E-state index in [1.54, 1.807) is 6.26 Å². The van der Waals surface area contributed by atoms with Crippen molar-refractivity contribution in [3.8, 4) is 6.07 Å². The van der Waals surface area contributed by atoms with Gasteiger partial charge in [0.2, 0.25) is 0 Å². The van der Waals surface area contributed by atoms with Crippen molar-refractivity contribution < 1.29 is 4.42 Å². The fourth-order valence-electron chi connectivity index (χ4n) is 1.12. The van der Waals surface area contributed by atoms with Gasteiger partial charge in [0, 0.05) is 0 Å². The standard InChI is InChI=1S/C9H12N2O/c1-6(2)7-3-4-12-9(7)8(11)5-10/h3-4,6,8H,11H2,1-2H3. The third kappa shape index (κ3) is 1.49. The van der Waals surface area contributed by atoms with Crippen LogP contribution in [-0.2, 0) is 0 Å². The van der Waals surface area contributed by atoms with Crippen molar-refractivity contribution in [2.75, 3.05) is 0 Å². The molecule has 0 bridgehead atoms. The van der Waals surface area contributed by atoms with Crippen molar-refractivity contribution in [3.63, 3.8) is 0 Å². The molecule has 0 amide bonds. The summed E-state index contributed by atoms with van der Waals surface area (Å²) in [7, 11) is 0. The van der Waals surface area contributed by atoms with Gasteiger partial charge in [-0.3, -0.25) is 0 Å². The Bertz CT molecular complexity index is 296. The van der Waals surface area contributed by atoms with Crippen LogP contribution in [0.4, 0.5) is 0 Å². The van der Waals surface area contributed by atoms with Crippen LogP contribution in [0.3, 0.4) is 0 Å². The summed E-state index contributed by atoms with van der Waals surface area (Å²) in [5.41, 5.74) is 6.54. The number of nitriles is 1. The van der Waals surface area contributed by atoms with E-state index in [0.29, 0.717) is 11.7 Å². The van der Waals surface area contributed by atoms with Crippen LogP contribution in [0.1, 0.15) is 37.1 Å². The van der Waals surface area contributed by atoms with Gasteiger partial charge in [-0.1, -0.05) is 13.8 Å². The summed E-state index contributed by atoms with van der Waals surface area (Å²) < 4.78 is 5.13. The van der Waals surface area contributed by atoms with Crippen molar-refractivity contribution in [2.45, 2.75) is 25.8 Å². The van der Waals surface area contributed by atoms with Gasteiger partial charge in [0.1, 0.15) is 5.76 Å². The zero-order valence-corrected chi connectivity index (χ0v) is 7.24. The van der Waals surface area contributed by atoms with E-state index in [1.165, 1.54) is 0 Å². The first-order valence-electron chi connectivity index (χ1n) is 3.89. The monoisotopic (exact) mass is 164 g/mol. The smallest absolute Gasteiger partial charge is 0.152 e. The minimum atomic E-state index is -0.641. The number of nitrogens with two attached hydrogens (primary N) is 1. The van der Waals surface area contributed by atoms with E-state index in [0.717, 1.165) is 5.56 Å². The van der Waals surface area contributed by atoms with Crippen LogP contribution in [0, 0.1) is 11.3 Å². The number of nitrogens with zero attached hydrogens (tertiary/aromatic N) is 1. The lowest BCUT2D eigenvalue weighted by atomic mass is 10.0. The molecule has 1 rings (SSSR count). The molecule has 0 spiro atoms. The maximum Gasteiger partial charge on any atom is 0.152 e. The molecule has 0 aliphatic carbocycles. The molecule has 0 saturated heterocycles. The molecule has 0 aliphatic rings. The molecule has 1 aromatic rings. The molecule has 64 valence electrons. The quantitative estimate of drug-likeness (QED) is 0.726. The summed E-state index contributed by atoms with van der Waals surface area (Å²) in [5.74, 6) is 0.936. The maximum atomic E-state index is 8.58. The Hall–Kier alpha value is -1.27. The molecule has 0 aliphatic heterocycles. The van der Waals surface area contributed by atoms with Gasteiger partial charge in [-0.25, -0.2) is 0 Å². The van der Waals surface area contributed by atoms with E-state index in [1.807, 2.05) is 26.0 Å². The zero-order chi connectivity index (χ0) is 9.14. The molecule has 0 saturated carbocycles. The Morgan fingerprint density at radius 2 is 2.25 bits per heavy atom. The molecule has 1 atom stereocenters. The van der Waals surface area contributed by atoms with E-state index >= 15 is 0 Å². The second-order valence-corrected chi connectivity index (χ2v) is 3.00. The number of furan rings is 1. The van der Waals surface area contributed by atoms with Crippen molar-refractivity contribution >= 4 is 0 Å². The predicted molar refractivity (Wildman–Crippen MR) is 45.3 cm³/mol. The van der Waals surface area contributed by atoms with Crippen LogP contribution in [0.2, 0.25) is 0 Å². The topological polar surface area (TPSA) is 62.9 Å². The molecule has 12 heavy (non-hydrogen) atoms. The minimum absolute atomic E-state index is 0.346. The van der Waals surface area contributed by atoms with Gasteiger partial charge in [-0.2, -0.15) is 5.26 Å².